The van der Waals surface area contributed by atoms with Crippen LogP contribution in [0.1, 0.15) is 10.4 Å². The number of carbonyl (C=O) groups excluding carboxylic acids is 1. The average molecular weight is 342 g/mol. The van der Waals surface area contributed by atoms with Gasteiger partial charge < -0.3 is 11.1 Å². The number of nitrogens with one attached hydrogen (secondary N) is 1. The van der Waals surface area contributed by atoms with Crippen LogP contribution in [0.2, 0.25) is 0 Å². The molecule has 1 aromatic heterocycles. The van der Waals surface area contributed by atoms with Crippen molar-refractivity contribution in [3.05, 3.63) is 64.8 Å². The van der Waals surface area contributed by atoms with Gasteiger partial charge in [0.05, 0.1) is 16.8 Å². The molecule has 0 saturated carbocycles. The van der Waals surface area contributed by atoms with Gasteiger partial charge in [0.15, 0.2) is 0 Å². The first-order valence-electron chi connectivity index (χ1n) is 6.35. The summed E-state index contributed by atoms with van der Waals surface area (Å²) in [5, 5.41) is 3.81. The van der Waals surface area contributed by atoms with Crippen molar-refractivity contribution in [3.63, 3.8) is 0 Å². The minimum Gasteiger partial charge on any atom is -0.398 e. The standard InChI is InChI=1S/C16H12BrN3O/c17-11-8-10-4-3-7-14(15(10)19-9-11)20-16(21)12-5-1-2-6-13(12)18/h1-9H,18H2,(H,20,21). The van der Waals surface area contributed by atoms with E-state index in [1.807, 2.05) is 24.3 Å². The Morgan fingerprint density at radius 2 is 1.95 bits per heavy atom. The molecule has 4 nitrogen and oxygen atoms in total. The molecule has 0 saturated heterocycles. The van der Waals surface area contributed by atoms with Crippen molar-refractivity contribution in [1.29, 1.82) is 0 Å². The van der Waals surface area contributed by atoms with Crippen LogP contribution in [0.25, 0.3) is 10.9 Å². The number of nitrogen functional groups attached to an aromatic ring is 1. The van der Waals surface area contributed by atoms with E-state index in [-0.39, 0.29) is 5.91 Å². The molecular weight excluding hydrogens is 330 g/mol. The van der Waals surface area contributed by atoms with Gasteiger partial charge in [0.2, 0.25) is 0 Å². The summed E-state index contributed by atoms with van der Waals surface area (Å²) >= 11 is 3.39. The Labute approximate surface area is 130 Å². The number of hydrogen-bond acceptors (Lipinski definition) is 3. The molecule has 2 aromatic carbocycles. The molecule has 0 aliphatic rings. The zero-order valence-electron chi connectivity index (χ0n) is 11.0. The number of rotatable bonds is 2. The van der Waals surface area contributed by atoms with E-state index in [9.17, 15) is 4.79 Å². The van der Waals surface area contributed by atoms with Crippen LogP contribution in [0.3, 0.4) is 0 Å². The molecule has 3 rings (SSSR count). The molecule has 3 aromatic rings. The molecule has 104 valence electrons. The molecule has 1 amide bonds. The summed E-state index contributed by atoms with van der Waals surface area (Å²) in [5.41, 5.74) is 8.13. The van der Waals surface area contributed by atoms with Crippen molar-refractivity contribution in [3.8, 4) is 0 Å². The van der Waals surface area contributed by atoms with E-state index in [4.69, 9.17) is 5.73 Å². The van der Waals surface area contributed by atoms with Gasteiger partial charge in [-0.3, -0.25) is 9.78 Å². The van der Waals surface area contributed by atoms with Crippen LogP contribution in [0.15, 0.2) is 59.2 Å². The Balaban J connectivity index is 1.99. The van der Waals surface area contributed by atoms with Gasteiger partial charge >= 0.3 is 0 Å². The summed E-state index contributed by atoms with van der Waals surface area (Å²) in [7, 11) is 0. The third kappa shape index (κ3) is 2.73. The predicted molar refractivity (Wildman–Crippen MR) is 88.3 cm³/mol. The fourth-order valence-electron chi connectivity index (χ4n) is 2.13. The maximum Gasteiger partial charge on any atom is 0.257 e. The highest BCUT2D eigenvalue weighted by molar-refractivity contribution is 9.10. The zero-order valence-corrected chi connectivity index (χ0v) is 12.6. The zero-order chi connectivity index (χ0) is 14.8. The molecule has 0 spiro atoms. The molecule has 0 bridgehead atoms. The number of halogens is 1. The second-order valence-electron chi connectivity index (χ2n) is 4.57. The summed E-state index contributed by atoms with van der Waals surface area (Å²) in [6.45, 7) is 0. The van der Waals surface area contributed by atoms with E-state index < -0.39 is 0 Å². The number of hydrogen-bond donors (Lipinski definition) is 2. The van der Waals surface area contributed by atoms with E-state index in [0.717, 1.165) is 15.4 Å². The molecule has 0 fully saturated rings. The molecular formula is C16H12BrN3O. The summed E-state index contributed by atoms with van der Waals surface area (Å²) < 4.78 is 0.894. The summed E-state index contributed by atoms with van der Waals surface area (Å²) in [6, 6.07) is 14.6. The number of pyridine rings is 1. The largest absolute Gasteiger partial charge is 0.398 e. The first-order chi connectivity index (χ1) is 10.1. The van der Waals surface area contributed by atoms with Crippen molar-refractivity contribution in [2.45, 2.75) is 0 Å². The quantitative estimate of drug-likeness (QED) is 0.696. The molecule has 0 radical (unpaired) electrons. The van der Waals surface area contributed by atoms with Crippen LogP contribution >= 0.6 is 15.9 Å². The highest BCUT2D eigenvalue weighted by Gasteiger charge is 2.11. The minimum atomic E-state index is -0.245. The maximum absolute atomic E-state index is 12.3. The number of aromatic nitrogens is 1. The van der Waals surface area contributed by atoms with Gasteiger partial charge in [0.1, 0.15) is 0 Å². The van der Waals surface area contributed by atoms with Crippen LogP contribution in [0.4, 0.5) is 11.4 Å². The number of para-hydroxylation sites is 2. The highest BCUT2D eigenvalue weighted by atomic mass is 79.9. The van der Waals surface area contributed by atoms with E-state index >= 15 is 0 Å². The van der Waals surface area contributed by atoms with Gasteiger partial charge in [-0.05, 0) is 40.2 Å². The molecule has 5 heteroatoms. The second kappa shape index (κ2) is 5.54. The van der Waals surface area contributed by atoms with Crippen molar-refractivity contribution in [2.75, 3.05) is 11.1 Å². The number of nitrogens with zero attached hydrogens (tertiary/aromatic N) is 1. The van der Waals surface area contributed by atoms with Gasteiger partial charge in [-0.2, -0.15) is 0 Å². The van der Waals surface area contributed by atoms with Crippen molar-refractivity contribution >= 4 is 44.1 Å². The van der Waals surface area contributed by atoms with E-state index in [2.05, 4.69) is 26.2 Å². The summed E-state index contributed by atoms with van der Waals surface area (Å²) in [6.07, 6.45) is 1.70. The Kier molecular flexibility index (Phi) is 3.58. The van der Waals surface area contributed by atoms with Crippen LogP contribution in [0.5, 0.6) is 0 Å². The SMILES string of the molecule is Nc1ccccc1C(=O)Nc1cccc2cc(Br)cnc12. The van der Waals surface area contributed by atoms with E-state index in [1.54, 1.807) is 30.5 Å². The van der Waals surface area contributed by atoms with Crippen LogP contribution in [-0.4, -0.2) is 10.9 Å². The molecule has 0 aliphatic carbocycles. The normalized spacial score (nSPS) is 10.5. The molecule has 3 N–H and O–H groups in total. The van der Waals surface area contributed by atoms with Crippen LogP contribution < -0.4 is 11.1 Å². The lowest BCUT2D eigenvalue weighted by Crippen LogP contribution is -2.14. The number of benzene rings is 2. The fourth-order valence-corrected chi connectivity index (χ4v) is 2.48. The number of fused-ring (bicyclic) bond motifs is 1. The van der Waals surface area contributed by atoms with Crippen LogP contribution in [-0.2, 0) is 0 Å². The van der Waals surface area contributed by atoms with Gasteiger partial charge in [-0.25, -0.2) is 0 Å². The number of carbonyl (C=O) groups is 1. The van der Waals surface area contributed by atoms with Crippen molar-refractivity contribution in [1.82, 2.24) is 4.98 Å². The third-order valence-electron chi connectivity index (χ3n) is 3.13. The smallest absolute Gasteiger partial charge is 0.257 e. The minimum absolute atomic E-state index is 0.245. The Morgan fingerprint density at radius 1 is 1.14 bits per heavy atom. The van der Waals surface area contributed by atoms with Crippen molar-refractivity contribution in [2.24, 2.45) is 0 Å². The molecule has 21 heavy (non-hydrogen) atoms. The van der Waals surface area contributed by atoms with Gasteiger partial charge in [-0.15, -0.1) is 0 Å². The number of amides is 1. The van der Waals surface area contributed by atoms with E-state index in [1.165, 1.54) is 0 Å². The Morgan fingerprint density at radius 3 is 2.76 bits per heavy atom. The summed E-state index contributed by atoms with van der Waals surface area (Å²) in [4.78, 5) is 16.7. The molecule has 0 aliphatic heterocycles. The van der Waals surface area contributed by atoms with Gasteiger partial charge in [0, 0.05) is 21.7 Å². The molecule has 1 heterocycles. The number of anilines is 2. The molecule has 0 unspecified atom stereocenters. The Hall–Kier alpha value is -2.40. The Bertz CT molecular complexity index is 833. The summed E-state index contributed by atoms with van der Waals surface area (Å²) in [5.74, 6) is -0.245. The fraction of sp³-hybridized carbons (Fsp3) is 0. The maximum atomic E-state index is 12.3. The third-order valence-corrected chi connectivity index (χ3v) is 3.56. The number of nitrogens with two attached hydrogens (primary N) is 1. The predicted octanol–water partition coefficient (Wildman–Crippen LogP) is 3.83. The highest BCUT2D eigenvalue weighted by Crippen LogP contribution is 2.24. The topological polar surface area (TPSA) is 68.0 Å². The second-order valence-corrected chi connectivity index (χ2v) is 5.49. The van der Waals surface area contributed by atoms with Crippen LogP contribution in [0, 0.1) is 0 Å². The van der Waals surface area contributed by atoms with Gasteiger partial charge in [-0.1, -0.05) is 24.3 Å². The average Bonchev–Trinajstić information content (AvgIpc) is 2.47. The first-order valence-corrected chi connectivity index (χ1v) is 7.14. The van der Waals surface area contributed by atoms with Gasteiger partial charge in [0.25, 0.3) is 5.91 Å². The molecule has 0 atom stereocenters. The lowest BCUT2D eigenvalue weighted by Gasteiger charge is -2.09. The van der Waals surface area contributed by atoms with Crippen molar-refractivity contribution < 1.29 is 4.79 Å². The lowest BCUT2D eigenvalue weighted by molar-refractivity contribution is 0.102. The lowest BCUT2D eigenvalue weighted by atomic mass is 10.1. The van der Waals surface area contributed by atoms with E-state index in [0.29, 0.717) is 16.9 Å². The first kappa shape index (κ1) is 13.6. The monoisotopic (exact) mass is 341 g/mol.